The van der Waals surface area contributed by atoms with Gasteiger partial charge < -0.3 is 18.8 Å². The molecule has 4 aromatic rings. The van der Waals surface area contributed by atoms with Gasteiger partial charge in [0.1, 0.15) is 29.2 Å². The molecular formula is C20H15N3O5. The Hall–Kier alpha value is -3.94. The molecule has 0 aliphatic carbocycles. The van der Waals surface area contributed by atoms with E-state index in [9.17, 15) is 9.90 Å². The minimum Gasteiger partial charge on any atom is -0.506 e. The van der Waals surface area contributed by atoms with Crippen LogP contribution in [-0.4, -0.2) is 28.6 Å². The van der Waals surface area contributed by atoms with E-state index in [2.05, 4.69) is 15.1 Å². The Bertz CT molecular complexity index is 1230. The zero-order valence-electron chi connectivity index (χ0n) is 14.8. The van der Waals surface area contributed by atoms with Gasteiger partial charge in [-0.3, -0.25) is 4.99 Å². The molecule has 0 aliphatic rings. The molecule has 2 aromatic heterocycles. The number of aromatic nitrogens is 2. The summed E-state index contributed by atoms with van der Waals surface area (Å²) in [5.74, 6) is 1.06. The summed E-state index contributed by atoms with van der Waals surface area (Å²) in [7, 11) is 1.56. The second-order valence-electron chi connectivity index (χ2n) is 5.83. The molecule has 8 nitrogen and oxygen atoms in total. The summed E-state index contributed by atoms with van der Waals surface area (Å²) in [4.78, 5) is 20.5. The molecule has 0 saturated carbocycles. The van der Waals surface area contributed by atoms with Crippen LogP contribution in [0.2, 0.25) is 0 Å². The Morgan fingerprint density at radius 1 is 1.18 bits per heavy atom. The standard InChI is InChI=1S/C20H15N3O5/c1-26-15-8-4-3-7-13(15)19-22-17(28-23-19)11-21-10-14-18(24)12-6-2-5-9-16(12)27-20(14)25/h2-10,24H,11H2,1H3. The second-order valence-corrected chi connectivity index (χ2v) is 5.83. The lowest BCUT2D eigenvalue weighted by atomic mass is 10.1. The molecule has 0 bridgehead atoms. The van der Waals surface area contributed by atoms with E-state index in [1.165, 1.54) is 6.21 Å². The van der Waals surface area contributed by atoms with Gasteiger partial charge in [-0.15, -0.1) is 0 Å². The van der Waals surface area contributed by atoms with Gasteiger partial charge in [-0.25, -0.2) is 4.79 Å². The number of hydrogen-bond acceptors (Lipinski definition) is 8. The quantitative estimate of drug-likeness (QED) is 0.420. The highest BCUT2D eigenvalue weighted by Crippen LogP contribution is 2.27. The molecule has 2 heterocycles. The first-order valence-corrected chi connectivity index (χ1v) is 8.38. The summed E-state index contributed by atoms with van der Waals surface area (Å²) >= 11 is 0. The van der Waals surface area contributed by atoms with Gasteiger partial charge in [0.25, 0.3) is 0 Å². The lowest BCUT2D eigenvalue weighted by Gasteiger charge is -2.02. The molecule has 0 spiro atoms. The van der Waals surface area contributed by atoms with E-state index >= 15 is 0 Å². The number of fused-ring (bicyclic) bond motifs is 1. The molecule has 0 radical (unpaired) electrons. The fraction of sp³-hybridized carbons (Fsp3) is 0.100. The summed E-state index contributed by atoms with van der Waals surface area (Å²) < 4.78 is 15.7. The molecule has 0 unspecified atom stereocenters. The van der Waals surface area contributed by atoms with Crippen LogP contribution < -0.4 is 10.4 Å². The SMILES string of the molecule is COc1ccccc1-c1noc(CN=Cc2c(O)c3ccccc3oc2=O)n1. The lowest BCUT2D eigenvalue weighted by Crippen LogP contribution is -2.07. The van der Waals surface area contributed by atoms with Crippen LogP contribution in [0.25, 0.3) is 22.4 Å². The van der Waals surface area contributed by atoms with Crippen molar-refractivity contribution in [3.05, 3.63) is 70.4 Å². The summed E-state index contributed by atoms with van der Waals surface area (Å²) in [5, 5.41) is 14.7. The molecule has 4 rings (SSSR count). The Balaban J connectivity index is 1.57. The number of aromatic hydroxyl groups is 1. The van der Waals surface area contributed by atoms with Gasteiger partial charge in [0.05, 0.1) is 18.1 Å². The van der Waals surface area contributed by atoms with Crippen LogP contribution in [0.3, 0.4) is 0 Å². The average Bonchev–Trinajstić information content (AvgIpc) is 3.19. The summed E-state index contributed by atoms with van der Waals surface area (Å²) in [6.45, 7) is 0.0356. The normalized spacial score (nSPS) is 11.3. The van der Waals surface area contributed by atoms with Crippen molar-refractivity contribution >= 4 is 17.2 Å². The minimum atomic E-state index is -0.680. The number of hydrogen-bond donors (Lipinski definition) is 1. The molecule has 0 amide bonds. The molecule has 140 valence electrons. The van der Waals surface area contributed by atoms with E-state index in [4.69, 9.17) is 13.7 Å². The highest BCUT2D eigenvalue weighted by molar-refractivity contribution is 5.93. The van der Waals surface area contributed by atoms with Crippen LogP contribution in [0.1, 0.15) is 11.5 Å². The highest BCUT2D eigenvalue weighted by atomic mass is 16.5. The predicted molar refractivity (Wildman–Crippen MR) is 102 cm³/mol. The first-order valence-electron chi connectivity index (χ1n) is 8.38. The summed E-state index contributed by atoms with van der Waals surface area (Å²) in [6, 6.07) is 14.0. The van der Waals surface area contributed by atoms with E-state index in [-0.39, 0.29) is 23.7 Å². The largest absolute Gasteiger partial charge is 0.506 e. The monoisotopic (exact) mass is 377 g/mol. The third-order valence-corrected chi connectivity index (χ3v) is 4.08. The van der Waals surface area contributed by atoms with Crippen LogP contribution >= 0.6 is 0 Å². The summed E-state index contributed by atoms with van der Waals surface area (Å²) in [6.07, 6.45) is 1.24. The van der Waals surface area contributed by atoms with E-state index in [1.54, 1.807) is 37.4 Å². The zero-order valence-corrected chi connectivity index (χ0v) is 14.8. The molecule has 28 heavy (non-hydrogen) atoms. The van der Waals surface area contributed by atoms with Gasteiger partial charge in [0, 0.05) is 6.21 Å². The Morgan fingerprint density at radius 2 is 1.96 bits per heavy atom. The number of benzene rings is 2. The zero-order chi connectivity index (χ0) is 19.5. The number of methoxy groups -OCH3 is 1. The molecule has 8 heteroatoms. The van der Waals surface area contributed by atoms with Gasteiger partial charge in [-0.1, -0.05) is 29.4 Å². The van der Waals surface area contributed by atoms with Gasteiger partial charge in [-0.2, -0.15) is 4.98 Å². The molecular weight excluding hydrogens is 362 g/mol. The van der Waals surface area contributed by atoms with Crippen LogP contribution in [0.4, 0.5) is 0 Å². The highest BCUT2D eigenvalue weighted by Gasteiger charge is 2.14. The molecule has 0 fully saturated rings. The fourth-order valence-corrected chi connectivity index (χ4v) is 2.73. The van der Waals surface area contributed by atoms with E-state index in [0.29, 0.717) is 28.1 Å². The Labute approximate surface area is 158 Å². The summed E-state index contributed by atoms with van der Waals surface area (Å²) in [5.41, 5.74) is 0.278. The van der Waals surface area contributed by atoms with Crippen LogP contribution in [0.5, 0.6) is 11.5 Å². The van der Waals surface area contributed by atoms with E-state index < -0.39 is 5.63 Å². The van der Waals surface area contributed by atoms with Crippen molar-refractivity contribution in [2.45, 2.75) is 6.54 Å². The first-order chi connectivity index (χ1) is 13.7. The van der Waals surface area contributed by atoms with E-state index in [1.807, 2.05) is 18.2 Å². The molecule has 0 atom stereocenters. The fourth-order valence-electron chi connectivity index (χ4n) is 2.73. The van der Waals surface area contributed by atoms with Crippen LogP contribution in [0, 0.1) is 0 Å². The number of rotatable bonds is 5. The smallest absolute Gasteiger partial charge is 0.348 e. The second kappa shape index (κ2) is 7.36. The lowest BCUT2D eigenvalue weighted by molar-refractivity contribution is 0.380. The van der Waals surface area contributed by atoms with Crippen molar-refractivity contribution in [1.29, 1.82) is 0 Å². The molecule has 2 aromatic carbocycles. The van der Waals surface area contributed by atoms with Gasteiger partial charge in [-0.05, 0) is 24.3 Å². The van der Waals surface area contributed by atoms with Crippen molar-refractivity contribution in [2.75, 3.05) is 7.11 Å². The first kappa shape index (κ1) is 17.5. The van der Waals surface area contributed by atoms with Gasteiger partial charge >= 0.3 is 5.63 Å². The maximum atomic E-state index is 12.1. The third kappa shape index (κ3) is 3.23. The van der Waals surface area contributed by atoms with Crippen molar-refractivity contribution < 1.29 is 18.8 Å². The number of aliphatic imine (C=N–C) groups is 1. The van der Waals surface area contributed by atoms with Gasteiger partial charge in [0.2, 0.25) is 11.7 Å². The number of ether oxygens (including phenoxy) is 1. The van der Waals surface area contributed by atoms with Crippen molar-refractivity contribution in [3.63, 3.8) is 0 Å². The van der Waals surface area contributed by atoms with Crippen molar-refractivity contribution in [1.82, 2.24) is 10.1 Å². The molecule has 0 saturated heterocycles. The molecule has 1 N–H and O–H groups in total. The molecule has 0 aliphatic heterocycles. The minimum absolute atomic E-state index is 0.0356. The number of para-hydroxylation sites is 2. The topological polar surface area (TPSA) is 111 Å². The third-order valence-electron chi connectivity index (χ3n) is 4.08. The predicted octanol–water partition coefficient (Wildman–Crippen LogP) is 3.18. The van der Waals surface area contributed by atoms with Crippen LogP contribution in [0.15, 0.2) is 67.3 Å². The average molecular weight is 377 g/mol. The Kier molecular flexibility index (Phi) is 4.59. The van der Waals surface area contributed by atoms with Crippen molar-refractivity contribution in [2.24, 2.45) is 4.99 Å². The van der Waals surface area contributed by atoms with E-state index in [0.717, 1.165) is 0 Å². The van der Waals surface area contributed by atoms with Crippen molar-refractivity contribution in [3.8, 4) is 22.9 Å². The maximum absolute atomic E-state index is 12.1. The Morgan fingerprint density at radius 3 is 2.82 bits per heavy atom. The van der Waals surface area contributed by atoms with Crippen LogP contribution in [-0.2, 0) is 6.54 Å². The number of nitrogens with zero attached hydrogens (tertiary/aromatic N) is 3. The maximum Gasteiger partial charge on any atom is 0.348 e. The van der Waals surface area contributed by atoms with Gasteiger partial charge in [0.15, 0.2) is 0 Å².